The summed E-state index contributed by atoms with van der Waals surface area (Å²) in [5.41, 5.74) is 0.170. The summed E-state index contributed by atoms with van der Waals surface area (Å²) in [5.74, 6) is 0.786. The van der Waals surface area contributed by atoms with Gasteiger partial charge < -0.3 is 23.8 Å². The molecule has 6 rings (SSSR count). The maximum absolute atomic E-state index is 12.8. The molecule has 0 radical (unpaired) electrons. The fourth-order valence-corrected chi connectivity index (χ4v) is 11.4. The van der Waals surface area contributed by atoms with E-state index >= 15 is 0 Å². The standard InChI is InChI=1S/C34H54N2O7/c1-22(37)42-32-28(36(4)15-5-6-16-36)20-26-24-8-7-23-19-29(43-31(40)10-9-30(38)39)27(35-13-17-41-18-14-35)21-34(23,3)25(24)11-12-33(26,32)2/h23-29,32H,5-21H2,1-4H3/p+1/t23-,24?,25?,26?,27-,28-,29-,32-,33-,34-/m0/s1. The fourth-order valence-electron chi connectivity index (χ4n) is 11.4. The van der Waals surface area contributed by atoms with Gasteiger partial charge in [0.25, 0.3) is 0 Å². The molecular weight excluding hydrogens is 548 g/mol. The van der Waals surface area contributed by atoms with Gasteiger partial charge in [0, 0.05) is 50.7 Å². The number of morpholine rings is 1. The van der Waals surface area contributed by atoms with Crippen molar-refractivity contribution in [3.8, 4) is 0 Å². The van der Waals surface area contributed by atoms with E-state index < -0.39 is 5.97 Å². The van der Waals surface area contributed by atoms with Gasteiger partial charge in [0.2, 0.25) is 0 Å². The average molecular weight is 604 g/mol. The Labute approximate surface area is 257 Å². The molecule has 10 atom stereocenters. The second kappa shape index (κ2) is 11.9. The minimum Gasteiger partial charge on any atom is -0.481 e. The highest BCUT2D eigenvalue weighted by atomic mass is 16.5. The van der Waals surface area contributed by atoms with E-state index in [1.807, 2.05) is 0 Å². The van der Waals surface area contributed by atoms with Gasteiger partial charge in [-0.3, -0.25) is 19.3 Å². The number of carbonyl (C=O) groups excluding carboxylic acids is 2. The van der Waals surface area contributed by atoms with E-state index in [1.54, 1.807) is 6.92 Å². The lowest BCUT2D eigenvalue weighted by Crippen LogP contribution is -2.61. The van der Waals surface area contributed by atoms with E-state index in [2.05, 4.69) is 25.8 Å². The van der Waals surface area contributed by atoms with Crippen LogP contribution in [0.3, 0.4) is 0 Å². The van der Waals surface area contributed by atoms with Gasteiger partial charge in [0.15, 0.2) is 6.10 Å². The molecule has 2 aliphatic heterocycles. The quantitative estimate of drug-likeness (QED) is 0.340. The van der Waals surface area contributed by atoms with Crippen LogP contribution in [0.4, 0.5) is 0 Å². The molecule has 0 aromatic carbocycles. The number of fused-ring (bicyclic) bond motifs is 5. The van der Waals surface area contributed by atoms with E-state index in [0.29, 0.717) is 42.9 Å². The zero-order valence-electron chi connectivity index (χ0n) is 26.9. The highest BCUT2D eigenvalue weighted by molar-refractivity contribution is 5.76. The van der Waals surface area contributed by atoms with Crippen LogP contribution < -0.4 is 0 Å². The molecule has 2 saturated heterocycles. The molecule has 43 heavy (non-hydrogen) atoms. The van der Waals surface area contributed by atoms with E-state index in [-0.39, 0.29) is 53.9 Å². The third kappa shape index (κ3) is 5.65. The van der Waals surface area contributed by atoms with Crippen molar-refractivity contribution < 1.29 is 38.2 Å². The van der Waals surface area contributed by atoms with Crippen LogP contribution in [0.25, 0.3) is 0 Å². The minimum atomic E-state index is -0.966. The SMILES string of the molecule is CC(=O)O[C@H]1[C@@H]([N+]2(C)CCCC2)CC2C3CC[C@H]4C[C@H](OC(=O)CCC(=O)O)[C@@H](N5CCOCC5)C[C@]4(C)C3CC[C@@]21C. The van der Waals surface area contributed by atoms with Crippen molar-refractivity contribution in [2.75, 3.05) is 46.4 Å². The number of likely N-dealkylation sites (N-methyl/N-ethyl adjacent to an activating group) is 1. The first kappa shape index (κ1) is 31.3. The molecule has 0 bridgehead atoms. The molecule has 9 nitrogen and oxygen atoms in total. The Morgan fingerprint density at radius 1 is 0.953 bits per heavy atom. The van der Waals surface area contributed by atoms with E-state index in [0.717, 1.165) is 56.1 Å². The van der Waals surface area contributed by atoms with Crippen LogP contribution in [0.1, 0.15) is 91.4 Å². The first-order valence-electron chi connectivity index (χ1n) is 17.2. The zero-order chi connectivity index (χ0) is 30.6. The number of carbonyl (C=O) groups is 3. The largest absolute Gasteiger partial charge is 0.481 e. The van der Waals surface area contributed by atoms with Crippen LogP contribution in [-0.4, -0.2) is 103 Å². The van der Waals surface area contributed by atoms with Crippen molar-refractivity contribution >= 4 is 17.9 Å². The normalized spacial score (nSPS) is 44.1. The predicted octanol–water partition coefficient (Wildman–Crippen LogP) is 4.27. The van der Waals surface area contributed by atoms with Gasteiger partial charge in [0.1, 0.15) is 12.1 Å². The molecule has 3 unspecified atom stereocenters. The summed E-state index contributed by atoms with van der Waals surface area (Å²) in [6.45, 7) is 12.0. The Kier molecular flexibility index (Phi) is 8.66. The molecular formula is C34H55N2O7+. The monoisotopic (exact) mass is 603 g/mol. The lowest BCUT2D eigenvalue weighted by molar-refractivity contribution is -0.924. The maximum atomic E-state index is 12.8. The topological polar surface area (TPSA) is 102 Å². The Balaban J connectivity index is 1.26. The number of carboxylic acid groups (broad SMARTS) is 1. The summed E-state index contributed by atoms with van der Waals surface area (Å²) in [5, 5.41) is 9.10. The van der Waals surface area contributed by atoms with Crippen LogP contribution in [0.5, 0.6) is 0 Å². The van der Waals surface area contributed by atoms with Gasteiger partial charge in [0.05, 0.1) is 46.2 Å². The third-order valence-corrected chi connectivity index (χ3v) is 13.6. The third-order valence-electron chi connectivity index (χ3n) is 13.6. The number of likely N-dealkylation sites (tertiary alicyclic amines) is 1. The number of aliphatic carboxylic acids is 1. The summed E-state index contributed by atoms with van der Waals surface area (Å²) >= 11 is 0. The number of ether oxygens (including phenoxy) is 3. The molecule has 0 aromatic rings. The first-order valence-corrected chi connectivity index (χ1v) is 17.2. The van der Waals surface area contributed by atoms with E-state index in [4.69, 9.17) is 19.3 Å². The molecule has 0 amide bonds. The maximum Gasteiger partial charge on any atom is 0.306 e. The minimum absolute atomic E-state index is 0.00775. The van der Waals surface area contributed by atoms with E-state index in [1.165, 1.54) is 32.4 Å². The number of hydrogen-bond acceptors (Lipinski definition) is 7. The fraction of sp³-hybridized carbons (Fsp3) is 0.912. The van der Waals surface area contributed by atoms with Gasteiger partial charge in [-0.1, -0.05) is 13.8 Å². The van der Waals surface area contributed by atoms with Crippen molar-refractivity contribution in [3.63, 3.8) is 0 Å². The average Bonchev–Trinajstić information content (AvgIpc) is 3.54. The molecule has 9 heteroatoms. The van der Waals surface area contributed by atoms with Gasteiger partial charge in [-0.25, -0.2) is 0 Å². The molecule has 6 fully saturated rings. The second-order valence-corrected chi connectivity index (χ2v) is 15.7. The smallest absolute Gasteiger partial charge is 0.306 e. The number of quaternary nitrogens is 1. The van der Waals surface area contributed by atoms with Crippen LogP contribution in [0.2, 0.25) is 0 Å². The number of esters is 2. The van der Waals surface area contributed by atoms with Crippen molar-refractivity contribution in [1.29, 1.82) is 0 Å². The van der Waals surface area contributed by atoms with Gasteiger partial charge in [-0.2, -0.15) is 0 Å². The molecule has 2 heterocycles. The number of hydrogen-bond donors (Lipinski definition) is 1. The van der Waals surface area contributed by atoms with Gasteiger partial charge in [-0.15, -0.1) is 0 Å². The number of rotatable bonds is 7. The van der Waals surface area contributed by atoms with Crippen LogP contribution >= 0.6 is 0 Å². The molecule has 242 valence electrons. The van der Waals surface area contributed by atoms with Crippen LogP contribution in [0, 0.1) is 34.5 Å². The van der Waals surface area contributed by atoms with Crippen molar-refractivity contribution in [1.82, 2.24) is 4.90 Å². The predicted molar refractivity (Wildman–Crippen MR) is 160 cm³/mol. The summed E-state index contributed by atoms with van der Waals surface area (Å²) in [4.78, 5) is 38.8. The summed E-state index contributed by atoms with van der Waals surface area (Å²) in [7, 11) is 2.41. The van der Waals surface area contributed by atoms with Gasteiger partial charge in [-0.05, 0) is 67.6 Å². The molecule has 0 spiro atoms. The van der Waals surface area contributed by atoms with Crippen molar-refractivity contribution in [3.05, 3.63) is 0 Å². The molecule has 4 saturated carbocycles. The summed E-state index contributed by atoms with van der Waals surface area (Å²) in [6.07, 6.45) is 9.66. The molecule has 1 N–H and O–H groups in total. The highest BCUT2D eigenvalue weighted by Gasteiger charge is 2.67. The lowest BCUT2D eigenvalue weighted by Gasteiger charge is -2.62. The number of carboxylic acids is 1. The molecule has 6 aliphatic rings. The van der Waals surface area contributed by atoms with Crippen molar-refractivity contribution in [2.24, 2.45) is 34.5 Å². The van der Waals surface area contributed by atoms with Gasteiger partial charge >= 0.3 is 17.9 Å². The second-order valence-electron chi connectivity index (χ2n) is 15.7. The lowest BCUT2D eigenvalue weighted by atomic mass is 9.44. The Morgan fingerprint density at radius 3 is 2.35 bits per heavy atom. The Bertz CT molecular complexity index is 1070. The summed E-state index contributed by atoms with van der Waals surface area (Å²) in [6, 6.07) is 0.512. The molecule has 0 aromatic heterocycles. The van der Waals surface area contributed by atoms with Crippen molar-refractivity contribution in [2.45, 2.75) is 116 Å². The van der Waals surface area contributed by atoms with Crippen LogP contribution in [-0.2, 0) is 28.6 Å². The Morgan fingerprint density at radius 2 is 1.67 bits per heavy atom. The zero-order valence-corrected chi connectivity index (χ0v) is 26.9. The summed E-state index contributed by atoms with van der Waals surface area (Å²) < 4.78 is 19.2. The van der Waals surface area contributed by atoms with Crippen LogP contribution in [0.15, 0.2) is 0 Å². The Hall–Kier alpha value is -1.71. The highest BCUT2D eigenvalue weighted by Crippen LogP contribution is 2.67. The molecule has 4 aliphatic carbocycles. The first-order chi connectivity index (χ1) is 20.4. The van der Waals surface area contributed by atoms with E-state index in [9.17, 15) is 14.4 Å². The number of nitrogens with zero attached hydrogens (tertiary/aromatic N) is 2.